The summed E-state index contributed by atoms with van der Waals surface area (Å²) in [5.41, 5.74) is 5.06. The fourth-order valence-electron chi connectivity index (χ4n) is 2.14. The number of nitrogens with zero attached hydrogens (tertiary/aromatic N) is 1. The van der Waals surface area contributed by atoms with E-state index in [2.05, 4.69) is 29.5 Å². The summed E-state index contributed by atoms with van der Waals surface area (Å²) in [5.74, 6) is 5.34. The summed E-state index contributed by atoms with van der Waals surface area (Å²) in [4.78, 5) is 14.4. The Morgan fingerprint density at radius 1 is 1.30 bits per heavy atom. The fourth-order valence-corrected chi connectivity index (χ4v) is 2.14. The number of hydrogen-bond donors (Lipinski definition) is 3. The van der Waals surface area contributed by atoms with E-state index in [0.29, 0.717) is 12.1 Å². The number of amides is 1. The van der Waals surface area contributed by atoms with Gasteiger partial charge in [-0.3, -0.25) is 10.6 Å². The van der Waals surface area contributed by atoms with Gasteiger partial charge in [-0.15, -0.1) is 0 Å². The molecule has 0 spiro atoms. The number of hydrazine groups is 1. The van der Waals surface area contributed by atoms with E-state index in [1.807, 2.05) is 19.1 Å². The first-order valence-electron chi connectivity index (χ1n) is 7.20. The Bertz CT molecular complexity index is 434. The molecule has 0 radical (unpaired) electrons. The molecular weight excluding hydrogens is 252 g/mol. The average molecular weight is 278 g/mol. The van der Waals surface area contributed by atoms with Crippen LogP contribution in [-0.2, 0) is 0 Å². The Hall–Kier alpha value is -1.59. The van der Waals surface area contributed by atoms with Crippen molar-refractivity contribution in [1.29, 1.82) is 0 Å². The van der Waals surface area contributed by atoms with Crippen LogP contribution in [0.25, 0.3) is 0 Å². The molecule has 1 amide bonds. The predicted molar refractivity (Wildman–Crippen MR) is 83.7 cm³/mol. The minimum Gasteiger partial charge on any atom is -0.351 e. The fraction of sp³-hybridized carbons (Fsp3) is 0.533. The third kappa shape index (κ3) is 4.83. The Morgan fingerprint density at radius 3 is 2.60 bits per heavy atom. The van der Waals surface area contributed by atoms with Crippen molar-refractivity contribution in [2.45, 2.75) is 27.2 Å². The van der Waals surface area contributed by atoms with Gasteiger partial charge in [0.25, 0.3) is 5.91 Å². The molecule has 0 saturated carbocycles. The van der Waals surface area contributed by atoms with Crippen LogP contribution in [0.4, 0.5) is 5.69 Å². The molecule has 112 valence electrons. The van der Waals surface area contributed by atoms with Crippen LogP contribution in [0.5, 0.6) is 0 Å². The second kappa shape index (κ2) is 8.55. The molecule has 0 aliphatic carbocycles. The van der Waals surface area contributed by atoms with Gasteiger partial charge in [0.15, 0.2) is 0 Å². The smallest absolute Gasteiger partial charge is 0.251 e. The third-order valence-electron chi connectivity index (χ3n) is 3.34. The molecule has 0 aliphatic heterocycles. The van der Waals surface area contributed by atoms with Crippen LogP contribution in [0.1, 0.15) is 36.2 Å². The van der Waals surface area contributed by atoms with Crippen LogP contribution in [-0.4, -0.2) is 37.0 Å². The first-order valence-corrected chi connectivity index (χ1v) is 7.20. The molecule has 0 unspecified atom stereocenters. The van der Waals surface area contributed by atoms with E-state index in [4.69, 9.17) is 5.84 Å². The van der Waals surface area contributed by atoms with Gasteiger partial charge < -0.3 is 15.6 Å². The average Bonchev–Trinajstić information content (AvgIpc) is 2.46. The van der Waals surface area contributed by atoms with Gasteiger partial charge in [-0.2, -0.15) is 0 Å². The van der Waals surface area contributed by atoms with Gasteiger partial charge >= 0.3 is 0 Å². The SMILES string of the molecule is CCCN(CC)CCNC(=O)c1ccc(NN)c(C)c1. The molecular formula is C15H26N4O. The van der Waals surface area contributed by atoms with E-state index in [-0.39, 0.29) is 5.91 Å². The number of hydrogen-bond acceptors (Lipinski definition) is 4. The van der Waals surface area contributed by atoms with Crippen LogP contribution < -0.4 is 16.6 Å². The van der Waals surface area contributed by atoms with E-state index in [0.717, 1.165) is 37.3 Å². The van der Waals surface area contributed by atoms with E-state index < -0.39 is 0 Å². The van der Waals surface area contributed by atoms with Gasteiger partial charge in [0, 0.05) is 18.7 Å². The molecule has 0 bridgehead atoms. The second-order valence-electron chi connectivity index (χ2n) is 4.86. The number of aryl methyl sites for hydroxylation is 1. The van der Waals surface area contributed by atoms with Gasteiger partial charge in [0.05, 0.1) is 5.69 Å². The molecule has 0 saturated heterocycles. The van der Waals surface area contributed by atoms with Gasteiger partial charge in [0.2, 0.25) is 0 Å². The minimum absolute atomic E-state index is 0.0378. The highest BCUT2D eigenvalue weighted by atomic mass is 16.1. The maximum Gasteiger partial charge on any atom is 0.251 e. The second-order valence-corrected chi connectivity index (χ2v) is 4.86. The van der Waals surface area contributed by atoms with Crippen LogP contribution >= 0.6 is 0 Å². The number of nitrogens with two attached hydrogens (primary N) is 1. The van der Waals surface area contributed by atoms with E-state index >= 15 is 0 Å². The number of carbonyl (C=O) groups excluding carboxylic acids is 1. The van der Waals surface area contributed by atoms with Crippen LogP contribution in [0, 0.1) is 6.92 Å². The van der Waals surface area contributed by atoms with Crippen molar-refractivity contribution in [3.63, 3.8) is 0 Å². The summed E-state index contributed by atoms with van der Waals surface area (Å²) in [6.07, 6.45) is 1.13. The predicted octanol–water partition coefficient (Wildman–Crippen LogP) is 1.74. The maximum absolute atomic E-state index is 12.0. The summed E-state index contributed by atoms with van der Waals surface area (Å²) in [6, 6.07) is 5.44. The molecule has 0 heterocycles. The lowest BCUT2D eigenvalue weighted by molar-refractivity contribution is 0.0948. The molecule has 5 heteroatoms. The van der Waals surface area contributed by atoms with Crippen molar-refractivity contribution >= 4 is 11.6 Å². The van der Waals surface area contributed by atoms with Crippen LogP contribution in [0.15, 0.2) is 18.2 Å². The molecule has 0 aliphatic rings. The van der Waals surface area contributed by atoms with Gasteiger partial charge in [-0.25, -0.2) is 0 Å². The number of nitrogen functional groups attached to an aromatic ring is 1. The first kappa shape index (κ1) is 16.5. The third-order valence-corrected chi connectivity index (χ3v) is 3.34. The Labute approximate surface area is 121 Å². The minimum atomic E-state index is -0.0378. The van der Waals surface area contributed by atoms with Gasteiger partial charge in [-0.05, 0) is 50.2 Å². The lowest BCUT2D eigenvalue weighted by Gasteiger charge is -2.19. The number of likely N-dealkylation sites (N-methyl/N-ethyl adjacent to an activating group) is 1. The highest BCUT2D eigenvalue weighted by Gasteiger charge is 2.08. The highest BCUT2D eigenvalue weighted by Crippen LogP contribution is 2.14. The highest BCUT2D eigenvalue weighted by molar-refractivity contribution is 5.94. The topological polar surface area (TPSA) is 70.4 Å². The molecule has 4 N–H and O–H groups in total. The van der Waals surface area contributed by atoms with Gasteiger partial charge in [0.1, 0.15) is 0 Å². The molecule has 0 atom stereocenters. The number of nitrogens with one attached hydrogen (secondary N) is 2. The number of rotatable bonds is 8. The molecule has 0 aromatic heterocycles. The van der Waals surface area contributed by atoms with Crippen molar-refractivity contribution in [3.05, 3.63) is 29.3 Å². The molecule has 0 fully saturated rings. The maximum atomic E-state index is 12.0. The summed E-state index contributed by atoms with van der Waals surface area (Å²) < 4.78 is 0. The van der Waals surface area contributed by atoms with E-state index in [1.54, 1.807) is 6.07 Å². The first-order chi connectivity index (χ1) is 9.62. The number of benzene rings is 1. The quantitative estimate of drug-likeness (QED) is 0.500. The van der Waals surface area contributed by atoms with Crippen molar-refractivity contribution in [2.75, 3.05) is 31.6 Å². The molecule has 1 rings (SSSR count). The lowest BCUT2D eigenvalue weighted by Crippen LogP contribution is -2.35. The Morgan fingerprint density at radius 2 is 2.05 bits per heavy atom. The number of carbonyl (C=O) groups is 1. The summed E-state index contributed by atoms with van der Waals surface area (Å²) in [6.45, 7) is 9.87. The summed E-state index contributed by atoms with van der Waals surface area (Å²) >= 11 is 0. The van der Waals surface area contributed by atoms with Gasteiger partial charge in [-0.1, -0.05) is 13.8 Å². The van der Waals surface area contributed by atoms with Crippen LogP contribution in [0.2, 0.25) is 0 Å². The normalized spacial score (nSPS) is 10.7. The zero-order valence-corrected chi connectivity index (χ0v) is 12.7. The van der Waals surface area contributed by atoms with Crippen LogP contribution in [0.3, 0.4) is 0 Å². The summed E-state index contributed by atoms with van der Waals surface area (Å²) in [7, 11) is 0. The Kier molecular flexibility index (Phi) is 7.04. The monoisotopic (exact) mass is 278 g/mol. The van der Waals surface area contributed by atoms with Crippen molar-refractivity contribution < 1.29 is 4.79 Å². The zero-order valence-electron chi connectivity index (χ0n) is 12.7. The summed E-state index contributed by atoms with van der Waals surface area (Å²) in [5, 5.41) is 2.95. The van der Waals surface area contributed by atoms with Crippen molar-refractivity contribution in [2.24, 2.45) is 5.84 Å². The van der Waals surface area contributed by atoms with E-state index in [9.17, 15) is 4.79 Å². The molecule has 20 heavy (non-hydrogen) atoms. The number of anilines is 1. The van der Waals surface area contributed by atoms with Crippen molar-refractivity contribution in [3.8, 4) is 0 Å². The lowest BCUT2D eigenvalue weighted by atomic mass is 10.1. The molecule has 5 nitrogen and oxygen atoms in total. The molecule has 1 aromatic rings. The largest absolute Gasteiger partial charge is 0.351 e. The Balaban J connectivity index is 2.48. The van der Waals surface area contributed by atoms with Crippen molar-refractivity contribution in [1.82, 2.24) is 10.2 Å². The standard InChI is InChI=1S/C15H26N4O/c1-4-9-19(5-2)10-8-17-15(20)13-6-7-14(18-16)12(3)11-13/h6-7,11,18H,4-5,8-10,16H2,1-3H3,(H,17,20). The zero-order chi connectivity index (χ0) is 15.0. The van der Waals surface area contributed by atoms with E-state index in [1.165, 1.54) is 0 Å². The molecule has 1 aromatic carbocycles.